The van der Waals surface area contributed by atoms with Gasteiger partial charge in [0, 0.05) is 20.1 Å². The Labute approximate surface area is 122 Å². The lowest BCUT2D eigenvalue weighted by Crippen LogP contribution is -2.39. The van der Waals surface area contributed by atoms with Crippen molar-refractivity contribution in [2.75, 3.05) is 25.0 Å². The highest BCUT2D eigenvalue weighted by Gasteiger charge is 2.41. The highest BCUT2D eigenvalue weighted by atomic mass is 35.5. The molecular formula is C13H17ClN4O2. The van der Waals surface area contributed by atoms with Crippen molar-refractivity contribution in [3.05, 3.63) is 16.5 Å². The third kappa shape index (κ3) is 2.47. The summed E-state index contributed by atoms with van der Waals surface area (Å²) in [6, 6.07) is 0. The van der Waals surface area contributed by atoms with E-state index >= 15 is 0 Å². The molecule has 1 N–H and O–H groups in total. The molecule has 1 aromatic heterocycles. The molecule has 6 nitrogen and oxygen atoms in total. The van der Waals surface area contributed by atoms with Crippen molar-refractivity contribution >= 4 is 29.6 Å². The minimum Gasteiger partial charge on any atom is -0.359 e. The van der Waals surface area contributed by atoms with E-state index in [1.807, 2.05) is 11.8 Å². The SMILES string of the molecule is CNC(=O)C1(C)CCN(c2nc(C)nc(Cl)c2C=O)C1. The molecule has 1 aliphatic heterocycles. The summed E-state index contributed by atoms with van der Waals surface area (Å²) in [4.78, 5) is 33.3. The van der Waals surface area contributed by atoms with Gasteiger partial charge in [-0.25, -0.2) is 9.97 Å². The molecule has 7 heteroatoms. The van der Waals surface area contributed by atoms with Crippen LogP contribution in [0, 0.1) is 12.3 Å². The van der Waals surface area contributed by atoms with E-state index in [0.717, 1.165) is 0 Å². The van der Waals surface area contributed by atoms with Gasteiger partial charge in [0.15, 0.2) is 6.29 Å². The van der Waals surface area contributed by atoms with E-state index in [1.54, 1.807) is 14.0 Å². The minimum atomic E-state index is -0.486. The summed E-state index contributed by atoms with van der Waals surface area (Å²) >= 11 is 5.99. The number of halogens is 1. The molecule has 0 bridgehead atoms. The molecular weight excluding hydrogens is 280 g/mol. The van der Waals surface area contributed by atoms with Crippen molar-refractivity contribution < 1.29 is 9.59 Å². The third-order valence-corrected chi connectivity index (χ3v) is 3.94. The van der Waals surface area contributed by atoms with E-state index in [-0.39, 0.29) is 16.6 Å². The van der Waals surface area contributed by atoms with Gasteiger partial charge in [-0.3, -0.25) is 9.59 Å². The number of anilines is 1. The lowest BCUT2D eigenvalue weighted by molar-refractivity contribution is -0.128. The number of carbonyl (C=O) groups excluding carboxylic acids is 2. The van der Waals surface area contributed by atoms with Gasteiger partial charge < -0.3 is 10.2 Å². The number of amides is 1. The molecule has 2 heterocycles. The van der Waals surface area contributed by atoms with Crippen LogP contribution in [0.5, 0.6) is 0 Å². The predicted molar refractivity (Wildman–Crippen MR) is 76.2 cm³/mol. The first-order valence-electron chi connectivity index (χ1n) is 6.38. The molecule has 0 aromatic carbocycles. The van der Waals surface area contributed by atoms with Crippen LogP contribution in [0.3, 0.4) is 0 Å². The van der Waals surface area contributed by atoms with E-state index in [1.165, 1.54) is 0 Å². The maximum atomic E-state index is 11.9. The first-order chi connectivity index (χ1) is 9.41. The van der Waals surface area contributed by atoms with Gasteiger partial charge >= 0.3 is 0 Å². The van der Waals surface area contributed by atoms with Crippen molar-refractivity contribution in [1.82, 2.24) is 15.3 Å². The van der Waals surface area contributed by atoms with Gasteiger partial charge in [-0.15, -0.1) is 0 Å². The van der Waals surface area contributed by atoms with Crippen molar-refractivity contribution in [2.45, 2.75) is 20.3 Å². The largest absolute Gasteiger partial charge is 0.359 e. The highest BCUT2D eigenvalue weighted by molar-refractivity contribution is 6.32. The maximum absolute atomic E-state index is 11.9. The smallest absolute Gasteiger partial charge is 0.227 e. The van der Waals surface area contributed by atoms with Gasteiger partial charge in [-0.1, -0.05) is 11.6 Å². The summed E-state index contributed by atoms with van der Waals surface area (Å²) in [5.41, 5.74) is -0.210. The van der Waals surface area contributed by atoms with Crippen LogP contribution in [0.1, 0.15) is 29.5 Å². The number of hydrogen-bond acceptors (Lipinski definition) is 5. The molecule has 1 fully saturated rings. The quantitative estimate of drug-likeness (QED) is 0.670. The van der Waals surface area contributed by atoms with E-state index in [9.17, 15) is 9.59 Å². The Balaban J connectivity index is 2.35. The molecule has 1 aromatic rings. The number of hydrogen-bond donors (Lipinski definition) is 1. The van der Waals surface area contributed by atoms with Crippen molar-refractivity contribution in [1.29, 1.82) is 0 Å². The van der Waals surface area contributed by atoms with Crippen molar-refractivity contribution in [3.63, 3.8) is 0 Å². The van der Waals surface area contributed by atoms with Crippen LogP contribution in [-0.4, -0.2) is 42.3 Å². The van der Waals surface area contributed by atoms with Crippen LogP contribution in [-0.2, 0) is 4.79 Å². The second-order valence-corrected chi connectivity index (χ2v) is 5.59. The first kappa shape index (κ1) is 14.7. The van der Waals surface area contributed by atoms with Crippen LogP contribution in [0.25, 0.3) is 0 Å². The lowest BCUT2D eigenvalue weighted by Gasteiger charge is -2.24. The topological polar surface area (TPSA) is 75.2 Å². The molecule has 0 spiro atoms. The number of aromatic nitrogens is 2. The number of nitrogens with zero attached hydrogens (tertiary/aromatic N) is 3. The second-order valence-electron chi connectivity index (χ2n) is 5.23. The summed E-state index contributed by atoms with van der Waals surface area (Å²) in [5, 5.41) is 2.83. The summed E-state index contributed by atoms with van der Waals surface area (Å²) in [6.07, 6.45) is 1.36. The molecule has 20 heavy (non-hydrogen) atoms. The number of aryl methyl sites for hydroxylation is 1. The Bertz CT molecular complexity index is 564. The van der Waals surface area contributed by atoms with E-state index in [0.29, 0.717) is 37.4 Å². The zero-order valence-electron chi connectivity index (χ0n) is 11.7. The van der Waals surface area contributed by atoms with Gasteiger partial charge in [0.05, 0.1) is 11.0 Å². The molecule has 2 rings (SSSR count). The van der Waals surface area contributed by atoms with E-state index in [4.69, 9.17) is 11.6 Å². The molecule has 1 amide bonds. The molecule has 1 aliphatic rings. The van der Waals surface area contributed by atoms with Gasteiger partial charge in [0.25, 0.3) is 0 Å². The van der Waals surface area contributed by atoms with Crippen LogP contribution in [0.15, 0.2) is 0 Å². The summed E-state index contributed by atoms with van der Waals surface area (Å²) in [7, 11) is 1.62. The lowest BCUT2D eigenvalue weighted by atomic mass is 9.89. The average molecular weight is 297 g/mol. The number of nitrogens with one attached hydrogen (secondary N) is 1. The Hall–Kier alpha value is -1.69. The minimum absolute atomic E-state index is 0.00970. The molecule has 1 unspecified atom stereocenters. The molecule has 0 saturated carbocycles. The fourth-order valence-electron chi connectivity index (χ4n) is 2.50. The van der Waals surface area contributed by atoms with Crippen LogP contribution < -0.4 is 10.2 Å². The van der Waals surface area contributed by atoms with Gasteiger partial charge in [-0.05, 0) is 20.3 Å². The molecule has 108 valence electrons. The zero-order valence-corrected chi connectivity index (χ0v) is 12.5. The Morgan fingerprint density at radius 1 is 1.50 bits per heavy atom. The molecule has 0 aliphatic carbocycles. The van der Waals surface area contributed by atoms with Gasteiger partial charge in [-0.2, -0.15) is 0 Å². The third-order valence-electron chi connectivity index (χ3n) is 3.66. The zero-order chi connectivity index (χ0) is 14.9. The normalized spacial score (nSPS) is 21.9. The van der Waals surface area contributed by atoms with Crippen molar-refractivity contribution in [2.24, 2.45) is 5.41 Å². The monoisotopic (exact) mass is 296 g/mol. The maximum Gasteiger partial charge on any atom is 0.227 e. The fourth-order valence-corrected chi connectivity index (χ4v) is 2.76. The van der Waals surface area contributed by atoms with Crippen molar-refractivity contribution in [3.8, 4) is 0 Å². The fraction of sp³-hybridized carbons (Fsp3) is 0.538. The number of carbonyl (C=O) groups is 2. The Kier molecular flexibility index (Phi) is 3.94. The van der Waals surface area contributed by atoms with Gasteiger partial charge in [0.2, 0.25) is 5.91 Å². The molecule has 0 radical (unpaired) electrons. The number of rotatable bonds is 3. The summed E-state index contributed by atoms with van der Waals surface area (Å²) in [5.74, 6) is 0.999. The summed E-state index contributed by atoms with van der Waals surface area (Å²) in [6.45, 7) is 4.78. The van der Waals surface area contributed by atoms with Crippen LogP contribution >= 0.6 is 11.6 Å². The first-order valence-corrected chi connectivity index (χ1v) is 6.75. The standard InChI is InChI=1S/C13H17ClN4O2/c1-8-16-10(14)9(6-19)11(17-8)18-5-4-13(2,7-18)12(20)15-3/h6H,4-5,7H2,1-3H3,(H,15,20). The van der Waals surface area contributed by atoms with Crippen LogP contribution in [0.2, 0.25) is 5.15 Å². The Morgan fingerprint density at radius 3 is 2.80 bits per heavy atom. The Morgan fingerprint density at radius 2 is 2.20 bits per heavy atom. The van der Waals surface area contributed by atoms with E-state index in [2.05, 4.69) is 15.3 Å². The van der Waals surface area contributed by atoms with E-state index < -0.39 is 5.41 Å². The van der Waals surface area contributed by atoms with Gasteiger partial charge in [0.1, 0.15) is 16.8 Å². The van der Waals surface area contributed by atoms with Crippen LogP contribution in [0.4, 0.5) is 5.82 Å². The summed E-state index contributed by atoms with van der Waals surface area (Å²) < 4.78 is 0. The number of aldehydes is 1. The molecule has 1 atom stereocenters. The molecule has 1 saturated heterocycles. The highest BCUT2D eigenvalue weighted by Crippen LogP contribution is 2.34. The predicted octanol–water partition coefficient (Wildman–Crippen LogP) is 1.21. The average Bonchev–Trinajstić information content (AvgIpc) is 2.81. The second kappa shape index (κ2) is 5.36.